The number of hydrogen-bond acceptors (Lipinski definition) is 5. The minimum atomic E-state index is 0.0315. The van der Waals surface area contributed by atoms with Crippen LogP contribution in [0.1, 0.15) is 55.9 Å². The number of amides is 1. The topological polar surface area (TPSA) is 64.0 Å². The number of rotatable bonds is 7. The normalized spacial score (nSPS) is 15.0. The lowest BCUT2D eigenvalue weighted by atomic mass is 10.2. The molecule has 2 heterocycles. The van der Waals surface area contributed by atoms with Gasteiger partial charge in [-0.3, -0.25) is 14.2 Å². The molecule has 1 fully saturated rings. The molecule has 2 aromatic heterocycles. The van der Waals surface area contributed by atoms with Gasteiger partial charge in [0.15, 0.2) is 5.16 Å². The molecule has 1 N–H and O–H groups in total. The van der Waals surface area contributed by atoms with Crippen LogP contribution in [0.3, 0.4) is 0 Å². The van der Waals surface area contributed by atoms with Gasteiger partial charge in [-0.05, 0) is 38.7 Å². The van der Waals surface area contributed by atoms with Crippen molar-refractivity contribution < 1.29 is 4.79 Å². The predicted molar refractivity (Wildman–Crippen MR) is 109 cm³/mol. The van der Waals surface area contributed by atoms with Crippen molar-refractivity contribution in [3.8, 4) is 0 Å². The number of aryl methyl sites for hydroxylation is 2. The summed E-state index contributed by atoms with van der Waals surface area (Å²) in [6.07, 6.45) is 6.49. The Morgan fingerprint density at radius 1 is 1.35 bits per heavy atom. The number of carbonyl (C=O) groups is 1. The van der Waals surface area contributed by atoms with E-state index in [0.717, 1.165) is 46.3 Å². The van der Waals surface area contributed by atoms with Crippen LogP contribution < -0.4 is 10.9 Å². The molecule has 3 rings (SSSR count). The van der Waals surface area contributed by atoms with Gasteiger partial charge < -0.3 is 5.32 Å². The van der Waals surface area contributed by atoms with Gasteiger partial charge in [-0.15, -0.1) is 11.3 Å². The first-order chi connectivity index (χ1) is 12.5. The second kappa shape index (κ2) is 8.57. The number of thiophene rings is 1. The zero-order valence-corrected chi connectivity index (χ0v) is 17.4. The lowest BCUT2D eigenvalue weighted by molar-refractivity contribution is -0.119. The Balaban J connectivity index is 1.83. The number of unbranched alkanes of at least 4 members (excludes halogenated alkanes) is 1. The van der Waals surface area contributed by atoms with Crippen LogP contribution in [-0.4, -0.2) is 27.3 Å². The highest BCUT2D eigenvalue weighted by Crippen LogP contribution is 2.28. The van der Waals surface area contributed by atoms with Crippen molar-refractivity contribution in [2.24, 2.45) is 0 Å². The van der Waals surface area contributed by atoms with E-state index in [1.807, 2.05) is 13.8 Å². The molecule has 1 aliphatic carbocycles. The van der Waals surface area contributed by atoms with Crippen LogP contribution in [0.5, 0.6) is 0 Å². The molecule has 1 aliphatic rings. The summed E-state index contributed by atoms with van der Waals surface area (Å²) in [4.78, 5) is 31.9. The first-order valence-corrected chi connectivity index (χ1v) is 11.2. The Morgan fingerprint density at radius 3 is 2.77 bits per heavy atom. The number of carbonyl (C=O) groups excluding carboxylic acids is 1. The first kappa shape index (κ1) is 19.4. The van der Waals surface area contributed by atoms with Gasteiger partial charge in [-0.1, -0.05) is 37.9 Å². The van der Waals surface area contributed by atoms with Crippen molar-refractivity contribution in [1.82, 2.24) is 14.9 Å². The second-order valence-electron chi connectivity index (χ2n) is 7.01. The van der Waals surface area contributed by atoms with Gasteiger partial charge in [0.25, 0.3) is 5.56 Å². The number of aromatic nitrogens is 2. The molecule has 0 aromatic carbocycles. The molecule has 0 spiro atoms. The Morgan fingerprint density at radius 2 is 2.08 bits per heavy atom. The molecule has 2 aromatic rings. The molecule has 142 valence electrons. The summed E-state index contributed by atoms with van der Waals surface area (Å²) in [5, 5.41) is 4.51. The van der Waals surface area contributed by atoms with E-state index in [-0.39, 0.29) is 11.5 Å². The fourth-order valence-corrected chi connectivity index (χ4v) is 5.31. The minimum absolute atomic E-state index is 0.0315. The third-order valence-electron chi connectivity index (χ3n) is 5.04. The lowest BCUT2D eigenvalue weighted by Gasteiger charge is -2.14. The summed E-state index contributed by atoms with van der Waals surface area (Å²) < 4.78 is 1.76. The predicted octanol–water partition coefficient (Wildman–Crippen LogP) is 4.03. The number of thioether (sulfide) groups is 1. The van der Waals surface area contributed by atoms with Gasteiger partial charge in [-0.25, -0.2) is 4.98 Å². The van der Waals surface area contributed by atoms with Gasteiger partial charge in [0, 0.05) is 17.5 Å². The summed E-state index contributed by atoms with van der Waals surface area (Å²) in [5.41, 5.74) is 1.06. The van der Waals surface area contributed by atoms with Crippen LogP contribution >= 0.6 is 23.1 Å². The fraction of sp³-hybridized carbons (Fsp3) is 0.632. The summed E-state index contributed by atoms with van der Waals surface area (Å²) in [5.74, 6) is 0.348. The van der Waals surface area contributed by atoms with Gasteiger partial charge in [0.2, 0.25) is 5.91 Å². The first-order valence-electron chi connectivity index (χ1n) is 9.44. The molecule has 0 atom stereocenters. The van der Waals surface area contributed by atoms with Gasteiger partial charge in [0.05, 0.1) is 11.1 Å². The van der Waals surface area contributed by atoms with Crippen molar-refractivity contribution in [2.45, 2.75) is 77.0 Å². The van der Waals surface area contributed by atoms with Crippen molar-refractivity contribution in [3.05, 3.63) is 20.8 Å². The number of fused-ring (bicyclic) bond motifs is 1. The van der Waals surface area contributed by atoms with Gasteiger partial charge >= 0.3 is 0 Å². The molecule has 7 heteroatoms. The maximum absolute atomic E-state index is 13.0. The third-order valence-corrected chi connectivity index (χ3v) is 7.12. The van der Waals surface area contributed by atoms with E-state index < -0.39 is 0 Å². The number of nitrogens with one attached hydrogen (secondary N) is 1. The Labute approximate surface area is 162 Å². The molecule has 1 saturated carbocycles. The molecular weight excluding hydrogens is 366 g/mol. The van der Waals surface area contributed by atoms with Crippen LogP contribution in [-0.2, 0) is 11.3 Å². The van der Waals surface area contributed by atoms with Crippen LogP contribution in [0.2, 0.25) is 0 Å². The van der Waals surface area contributed by atoms with Crippen LogP contribution in [0, 0.1) is 13.8 Å². The lowest BCUT2D eigenvalue weighted by Crippen LogP contribution is -2.34. The Hall–Kier alpha value is -1.34. The summed E-state index contributed by atoms with van der Waals surface area (Å²) in [6.45, 7) is 6.78. The monoisotopic (exact) mass is 393 g/mol. The Bertz CT molecular complexity index is 851. The smallest absolute Gasteiger partial charge is 0.263 e. The molecule has 0 bridgehead atoms. The third kappa shape index (κ3) is 4.14. The highest BCUT2D eigenvalue weighted by atomic mass is 32.2. The largest absolute Gasteiger partial charge is 0.353 e. The maximum atomic E-state index is 13.0. The zero-order chi connectivity index (χ0) is 18.7. The molecule has 5 nitrogen and oxygen atoms in total. The standard InChI is InChI=1S/C19H27N3O2S2/c1-4-5-10-22-18(24)16-12(2)13(3)26-17(16)21-19(22)25-11-15(23)20-14-8-6-7-9-14/h14H,4-11H2,1-3H3,(H,20,23). The van der Waals surface area contributed by atoms with E-state index in [4.69, 9.17) is 4.98 Å². The number of nitrogens with zero attached hydrogens (tertiary/aromatic N) is 2. The molecule has 0 saturated heterocycles. The second-order valence-corrected chi connectivity index (χ2v) is 9.15. The molecular formula is C19H27N3O2S2. The van der Waals surface area contributed by atoms with E-state index in [1.165, 1.54) is 24.6 Å². The molecule has 1 amide bonds. The van der Waals surface area contributed by atoms with Crippen LogP contribution in [0.15, 0.2) is 9.95 Å². The van der Waals surface area contributed by atoms with Crippen LogP contribution in [0.4, 0.5) is 0 Å². The fourth-order valence-electron chi connectivity index (χ4n) is 3.40. The summed E-state index contributed by atoms with van der Waals surface area (Å²) >= 11 is 2.94. The number of hydrogen-bond donors (Lipinski definition) is 1. The van der Waals surface area contributed by atoms with E-state index in [2.05, 4.69) is 12.2 Å². The van der Waals surface area contributed by atoms with Crippen LogP contribution in [0.25, 0.3) is 10.2 Å². The Kier molecular flexibility index (Phi) is 6.40. The molecule has 26 heavy (non-hydrogen) atoms. The quantitative estimate of drug-likeness (QED) is 0.570. The van der Waals surface area contributed by atoms with Crippen molar-refractivity contribution >= 4 is 39.2 Å². The highest BCUT2D eigenvalue weighted by Gasteiger charge is 2.19. The summed E-state index contributed by atoms with van der Waals surface area (Å²) in [6, 6.07) is 0.323. The van der Waals surface area contributed by atoms with E-state index in [9.17, 15) is 9.59 Å². The van der Waals surface area contributed by atoms with E-state index in [0.29, 0.717) is 23.5 Å². The molecule has 0 radical (unpaired) electrons. The molecule has 0 unspecified atom stereocenters. The van der Waals surface area contributed by atoms with Gasteiger partial charge in [0.1, 0.15) is 4.83 Å². The highest BCUT2D eigenvalue weighted by molar-refractivity contribution is 7.99. The van der Waals surface area contributed by atoms with E-state index >= 15 is 0 Å². The van der Waals surface area contributed by atoms with E-state index in [1.54, 1.807) is 15.9 Å². The van der Waals surface area contributed by atoms with Gasteiger partial charge in [-0.2, -0.15) is 0 Å². The van der Waals surface area contributed by atoms with Crippen molar-refractivity contribution in [1.29, 1.82) is 0 Å². The van der Waals surface area contributed by atoms with Crippen molar-refractivity contribution in [2.75, 3.05) is 5.75 Å². The average molecular weight is 394 g/mol. The molecule has 0 aliphatic heterocycles. The maximum Gasteiger partial charge on any atom is 0.263 e. The van der Waals surface area contributed by atoms with Crippen molar-refractivity contribution in [3.63, 3.8) is 0 Å². The minimum Gasteiger partial charge on any atom is -0.353 e. The summed E-state index contributed by atoms with van der Waals surface area (Å²) in [7, 11) is 0. The zero-order valence-electron chi connectivity index (χ0n) is 15.8. The SMILES string of the molecule is CCCCn1c(SCC(=O)NC2CCCC2)nc2sc(C)c(C)c2c1=O. The average Bonchev–Trinajstić information content (AvgIpc) is 3.21.